The van der Waals surface area contributed by atoms with Crippen LogP contribution in [-0.2, 0) is 31.7 Å². The Morgan fingerprint density at radius 3 is 2.25 bits per heavy atom. The first-order valence-corrected chi connectivity index (χ1v) is 17.5. The van der Waals surface area contributed by atoms with Gasteiger partial charge in [0.1, 0.15) is 11.8 Å². The summed E-state index contributed by atoms with van der Waals surface area (Å²) in [6.45, 7) is 5.63. The summed E-state index contributed by atoms with van der Waals surface area (Å²) in [5, 5.41) is 2.78. The second kappa shape index (κ2) is 17.0. The third-order valence-corrected chi connectivity index (χ3v) is 9.81. The average molecular weight is 734 g/mol. The molecule has 2 aromatic carbocycles. The van der Waals surface area contributed by atoms with Gasteiger partial charge in [0.05, 0.1) is 17.5 Å². The molecular weight excluding hydrogens is 685 g/mol. The minimum absolute atomic E-state index is 0.00208. The van der Waals surface area contributed by atoms with Crippen molar-refractivity contribution in [1.82, 2.24) is 24.6 Å². The molecule has 14 heteroatoms. The largest absolute Gasteiger partial charge is 0.431 e. The Kier molecular flexibility index (Phi) is 13.2. The van der Waals surface area contributed by atoms with E-state index in [9.17, 15) is 36.3 Å². The topological polar surface area (TPSA) is 87.1 Å². The van der Waals surface area contributed by atoms with Crippen LogP contribution >= 0.6 is 0 Å². The zero-order chi connectivity index (χ0) is 38.5. The van der Waals surface area contributed by atoms with Crippen LogP contribution in [0, 0.1) is 12.8 Å². The highest BCUT2D eigenvalue weighted by Crippen LogP contribution is 2.48. The number of likely N-dealkylation sites (N-methyl/N-ethyl adjacent to an activating group) is 2. The lowest BCUT2D eigenvalue weighted by Crippen LogP contribution is -2.46. The van der Waals surface area contributed by atoms with Crippen LogP contribution in [0.15, 0.2) is 54.6 Å². The van der Waals surface area contributed by atoms with Gasteiger partial charge in [0.15, 0.2) is 6.23 Å². The maximum Gasteiger partial charge on any atom is 0.431 e. The highest BCUT2D eigenvalue weighted by molar-refractivity contribution is 6.00. The molecule has 3 aromatic rings. The van der Waals surface area contributed by atoms with E-state index in [0.717, 1.165) is 25.8 Å². The molecule has 3 aliphatic heterocycles. The number of nitrogens with zero attached hydrogens (tertiary/aromatic N) is 4. The van der Waals surface area contributed by atoms with E-state index in [1.165, 1.54) is 24.7 Å². The van der Waals surface area contributed by atoms with E-state index in [1.807, 2.05) is 36.9 Å². The van der Waals surface area contributed by atoms with Crippen LogP contribution in [0.25, 0.3) is 16.5 Å². The number of fused-ring (bicyclic) bond motifs is 2. The molecule has 2 saturated heterocycles. The number of carbonyl (C=O) groups is 3. The number of halogens is 5. The lowest BCUT2D eigenvalue weighted by atomic mass is 9.79. The summed E-state index contributed by atoms with van der Waals surface area (Å²) in [5.74, 6) is -0.660. The summed E-state index contributed by atoms with van der Waals surface area (Å²) in [4.78, 5) is 39.6. The van der Waals surface area contributed by atoms with Crippen molar-refractivity contribution in [2.75, 3.05) is 34.2 Å². The van der Waals surface area contributed by atoms with Crippen LogP contribution in [0.2, 0.25) is 0 Å². The van der Waals surface area contributed by atoms with Crippen LogP contribution in [-0.4, -0.2) is 96.1 Å². The van der Waals surface area contributed by atoms with Crippen LogP contribution < -0.4 is 5.32 Å². The number of ether oxygens (including phenoxy) is 1. The number of hydrogen-bond donors (Lipinski definition) is 1. The third-order valence-electron chi connectivity index (χ3n) is 9.81. The summed E-state index contributed by atoms with van der Waals surface area (Å²) in [7, 11) is 4.99. The molecule has 2 fully saturated rings. The Hall–Kier alpha value is -4.30. The van der Waals surface area contributed by atoms with Gasteiger partial charge in [-0.3, -0.25) is 23.9 Å². The van der Waals surface area contributed by atoms with Gasteiger partial charge < -0.3 is 19.9 Å². The lowest BCUT2D eigenvalue weighted by Gasteiger charge is -2.39. The van der Waals surface area contributed by atoms with E-state index < -0.39 is 30.4 Å². The smallest absolute Gasteiger partial charge is 0.359 e. The predicted octanol–water partition coefficient (Wildman–Crippen LogP) is 6.50. The minimum atomic E-state index is -4.90. The van der Waals surface area contributed by atoms with E-state index in [2.05, 4.69) is 24.4 Å². The normalized spacial score (nSPS) is 23.8. The van der Waals surface area contributed by atoms with Crippen molar-refractivity contribution in [1.29, 1.82) is 0 Å². The molecule has 1 aromatic heterocycles. The maximum absolute atomic E-state index is 13.7. The molecule has 0 saturated carbocycles. The maximum atomic E-state index is 13.7. The lowest BCUT2D eigenvalue weighted by molar-refractivity contribution is -0.148. The molecule has 0 spiro atoms. The quantitative estimate of drug-likeness (QED) is 0.245. The number of rotatable bonds is 4. The number of alkyl halides is 5. The van der Waals surface area contributed by atoms with Crippen molar-refractivity contribution in [3.05, 3.63) is 77.0 Å². The van der Waals surface area contributed by atoms with Gasteiger partial charge in [-0.1, -0.05) is 68.0 Å². The molecule has 1 N–H and O–H groups in total. The second-order valence-electron chi connectivity index (χ2n) is 13.0. The molecule has 9 nitrogen and oxygen atoms in total. The van der Waals surface area contributed by atoms with Gasteiger partial charge in [-0.25, -0.2) is 0 Å². The van der Waals surface area contributed by atoms with Gasteiger partial charge in [0, 0.05) is 38.6 Å². The Balaban J connectivity index is 0.000000209. The van der Waals surface area contributed by atoms with Gasteiger partial charge in [0.25, 0.3) is 5.91 Å². The third kappa shape index (κ3) is 8.17. The fourth-order valence-electron chi connectivity index (χ4n) is 7.43. The van der Waals surface area contributed by atoms with Gasteiger partial charge in [-0.05, 0) is 62.9 Å². The first-order valence-electron chi connectivity index (χ1n) is 17.5. The molecular formula is C38H48F5N5O4. The molecule has 52 heavy (non-hydrogen) atoms. The molecule has 0 bridgehead atoms. The molecule has 7 rings (SSSR count). The van der Waals surface area contributed by atoms with Crippen molar-refractivity contribution in [2.24, 2.45) is 5.92 Å². The number of carbonyl (C=O) groups excluding carboxylic acids is 3. The van der Waals surface area contributed by atoms with Crippen LogP contribution in [0.3, 0.4) is 0 Å². The van der Waals surface area contributed by atoms with E-state index >= 15 is 0 Å². The van der Waals surface area contributed by atoms with Crippen molar-refractivity contribution < 1.29 is 41.1 Å². The zero-order valence-electron chi connectivity index (χ0n) is 30.6. The predicted molar refractivity (Wildman–Crippen MR) is 189 cm³/mol. The summed E-state index contributed by atoms with van der Waals surface area (Å²) < 4.78 is 74.2. The van der Waals surface area contributed by atoms with Gasteiger partial charge in [-0.2, -0.15) is 22.0 Å². The van der Waals surface area contributed by atoms with Crippen LogP contribution in [0.1, 0.15) is 62.5 Å². The average Bonchev–Trinajstić information content (AvgIpc) is 3.81. The Bertz CT molecular complexity index is 1740. The monoisotopic (exact) mass is 733 g/mol. The highest BCUT2D eigenvalue weighted by atomic mass is 19.4. The first-order chi connectivity index (χ1) is 24.7. The van der Waals surface area contributed by atoms with E-state index in [4.69, 9.17) is 4.74 Å². The number of likely N-dealkylation sites (tertiary alicyclic amines) is 1. The van der Waals surface area contributed by atoms with Crippen LogP contribution in [0.4, 0.5) is 22.0 Å². The number of amides is 3. The van der Waals surface area contributed by atoms with Crippen molar-refractivity contribution in [2.45, 2.75) is 84.1 Å². The Morgan fingerprint density at radius 1 is 1.06 bits per heavy atom. The molecule has 1 aliphatic carbocycles. The Morgan fingerprint density at radius 2 is 1.73 bits per heavy atom. The number of aromatic nitrogens is 1. The van der Waals surface area contributed by atoms with Gasteiger partial charge in [0.2, 0.25) is 12.3 Å². The fraction of sp³-hybridized carbons (Fsp3) is 0.500. The molecule has 3 unspecified atom stereocenters. The molecule has 0 radical (unpaired) electrons. The summed E-state index contributed by atoms with van der Waals surface area (Å²) in [5.41, 5.74) is 0.979. The second-order valence-corrected chi connectivity index (χ2v) is 13.0. The van der Waals surface area contributed by atoms with Crippen LogP contribution in [0.5, 0.6) is 0 Å². The van der Waals surface area contributed by atoms with Gasteiger partial charge >= 0.3 is 12.7 Å². The summed E-state index contributed by atoms with van der Waals surface area (Å²) in [6, 6.07) is 14.3. The first kappa shape index (κ1) is 40.5. The molecule has 4 heterocycles. The van der Waals surface area contributed by atoms with Crippen molar-refractivity contribution >= 4 is 34.7 Å². The standard InChI is InChI=1S/C19H18F5N3O.C10H16N2O3.C7H8.C2H6/c1-25-17(28)9-6-11-10-4-3-5-13-15(10)12(7-14(11)26(2)8-9)16(19(22,23)24)27(13)18(20)21;1-7-9(14)11(2)10(15-7)8-4-3-5-12(8)6-13;1-7-5-3-2-4-6-7;1-2/h3-6,9,14,18H,7-8H2,1-2H3,(H,25,28);6-8,10H,3-5H2,1-2H3;2-6H,1H3;1-2H3/t9?,14-;7-,8?,10?;;/m11../s1. The number of nitrogens with one attached hydrogen (secondary N) is 1. The van der Waals surface area contributed by atoms with Crippen molar-refractivity contribution in [3.63, 3.8) is 0 Å². The number of hydrogen-bond acceptors (Lipinski definition) is 5. The van der Waals surface area contributed by atoms with E-state index in [1.54, 1.807) is 43.0 Å². The summed E-state index contributed by atoms with van der Waals surface area (Å²) >= 11 is 0. The number of aryl methyl sites for hydroxylation is 1. The zero-order valence-corrected chi connectivity index (χ0v) is 30.6. The SMILES string of the molecule is CC.CNC(=O)C1C=C2c3cccc4c3c(c(C(F)(F)F)n4C(F)F)C[C@H]2N(C)C1.C[C@H]1OC(C2CCCN2C=O)N(C)C1=O.Cc1ccccc1. The van der Waals surface area contributed by atoms with Crippen molar-refractivity contribution in [3.8, 4) is 0 Å². The van der Waals surface area contributed by atoms with E-state index in [-0.39, 0.29) is 57.6 Å². The molecule has 4 aliphatic rings. The fourth-order valence-corrected chi connectivity index (χ4v) is 7.43. The number of benzene rings is 2. The van der Waals surface area contributed by atoms with E-state index in [0.29, 0.717) is 17.7 Å². The van der Waals surface area contributed by atoms with Gasteiger partial charge in [-0.15, -0.1) is 0 Å². The molecule has 3 amide bonds. The summed E-state index contributed by atoms with van der Waals surface area (Å²) in [6.07, 6.45) is -1.08. The minimum Gasteiger partial charge on any atom is -0.359 e. The molecule has 284 valence electrons. The highest BCUT2D eigenvalue weighted by Gasteiger charge is 2.46. The Labute approximate surface area is 301 Å². The molecule has 5 atom stereocenters.